The van der Waals surface area contributed by atoms with E-state index in [0.717, 1.165) is 0 Å². The van der Waals surface area contributed by atoms with Crippen LogP contribution in [0.1, 0.15) is 0 Å². The first-order valence-corrected chi connectivity index (χ1v) is 5.38. The average Bonchev–Trinajstić information content (AvgIpc) is 1.92. The standard InChI is InChI=1S/C7H11NS/c1-9(2)6-4-3-5-8-7-9/h3-7H,1-2H3. The summed E-state index contributed by atoms with van der Waals surface area (Å²) in [6.45, 7) is 0. The van der Waals surface area contributed by atoms with Gasteiger partial charge in [0.15, 0.2) is 0 Å². The van der Waals surface area contributed by atoms with Crippen LogP contribution in [0.3, 0.4) is 0 Å². The highest BCUT2D eigenvalue weighted by Crippen LogP contribution is 2.10. The van der Waals surface area contributed by atoms with Crippen LogP contribution < -0.4 is 0 Å². The predicted octanol–water partition coefficient (Wildman–Crippen LogP) is 1.25. The van der Waals surface area contributed by atoms with Gasteiger partial charge in [0.2, 0.25) is 0 Å². The topological polar surface area (TPSA) is 12.4 Å². The van der Waals surface area contributed by atoms with E-state index >= 15 is 0 Å². The zero-order valence-electron chi connectivity index (χ0n) is 5.74. The van der Waals surface area contributed by atoms with E-state index in [1.54, 1.807) is 0 Å². The summed E-state index contributed by atoms with van der Waals surface area (Å²) in [7, 11) is -0.654. The van der Waals surface area contributed by atoms with Crippen molar-refractivity contribution in [3.63, 3.8) is 0 Å². The molecule has 50 valence electrons. The lowest BCUT2D eigenvalue weighted by molar-refractivity contribution is 1.88. The highest BCUT2D eigenvalue weighted by molar-refractivity contribution is 8.28. The summed E-state index contributed by atoms with van der Waals surface area (Å²) < 4.78 is 0. The fraction of sp³-hybridized carbons (Fsp3) is 0.286. The summed E-state index contributed by atoms with van der Waals surface area (Å²) in [5.41, 5.74) is 2.02. The minimum Gasteiger partial charge on any atom is -0.259 e. The molecule has 9 heavy (non-hydrogen) atoms. The minimum absolute atomic E-state index is 0.654. The van der Waals surface area contributed by atoms with Crippen molar-refractivity contribution >= 4 is 26.3 Å². The van der Waals surface area contributed by atoms with E-state index in [0.29, 0.717) is 0 Å². The molecule has 2 heteroatoms. The van der Waals surface area contributed by atoms with Gasteiger partial charge >= 0.3 is 0 Å². The zero-order chi connectivity index (χ0) is 6.74. The SMILES string of the molecule is CS1(C)=CC=CC=NC=1. The molecular weight excluding hydrogens is 130 g/mol. The lowest BCUT2D eigenvalue weighted by Gasteiger charge is -1.96. The largest absolute Gasteiger partial charge is 0.259 e. The second-order valence-corrected chi connectivity index (χ2v) is 5.87. The smallest absolute Gasteiger partial charge is 0.0457 e. The molecule has 1 heterocycles. The Bertz CT molecular complexity index is 231. The Morgan fingerprint density at radius 2 is 2.00 bits per heavy atom. The highest BCUT2D eigenvalue weighted by Gasteiger charge is 1.82. The maximum Gasteiger partial charge on any atom is 0.0457 e. The minimum atomic E-state index is -0.654. The van der Waals surface area contributed by atoms with Crippen molar-refractivity contribution < 1.29 is 0 Å². The molecule has 1 nitrogen and oxygen atoms in total. The maximum atomic E-state index is 4.09. The molecule has 0 saturated carbocycles. The van der Waals surface area contributed by atoms with Gasteiger partial charge < -0.3 is 0 Å². The normalized spacial score (nSPS) is 22.0. The molecule has 0 unspecified atom stereocenters. The van der Waals surface area contributed by atoms with Crippen molar-refractivity contribution in [1.82, 2.24) is 0 Å². The molecular formula is C7H11NS. The highest BCUT2D eigenvalue weighted by atomic mass is 32.2. The number of nitrogens with zero attached hydrogens (tertiary/aromatic N) is 1. The quantitative estimate of drug-likeness (QED) is 0.450. The molecule has 0 radical (unpaired) electrons. The second-order valence-electron chi connectivity index (χ2n) is 2.41. The van der Waals surface area contributed by atoms with Gasteiger partial charge in [0, 0.05) is 11.7 Å². The van der Waals surface area contributed by atoms with Crippen LogP contribution in [-0.4, -0.2) is 29.6 Å². The van der Waals surface area contributed by atoms with E-state index in [1.165, 1.54) is 0 Å². The molecule has 0 atom stereocenters. The first-order chi connectivity index (χ1) is 4.21. The van der Waals surface area contributed by atoms with Crippen LogP contribution in [0.15, 0.2) is 17.1 Å². The molecule has 0 fully saturated rings. The predicted molar refractivity (Wildman–Crippen MR) is 49.2 cm³/mol. The van der Waals surface area contributed by atoms with Gasteiger partial charge in [0.1, 0.15) is 0 Å². The molecule has 0 bridgehead atoms. The van der Waals surface area contributed by atoms with Crippen LogP contribution in [0.4, 0.5) is 0 Å². The molecule has 0 aliphatic carbocycles. The van der Waals surface area contributed by atoms with Gasteiger partial charge in [0.05, 0.1) is 0 Å². The van der Waals surface area contributed by atoms with E-state index < -0.39 is 9.21 Å². The Morgan fingerprint density at radius 3 is 2.78 bits per heavy atom. The molecule has 0 aromatic rings. The van der Waals surface area contributed by atoms with Crippen molar-refractivity contribution in [2.45, 2.75) is 0 Å². The third-order valence-corrected chi connectivity index (χ3v) is 2.57. The van der Waals surface area contributed by atoms with Crippen molar-refractivity contribution in [2.24, 2.45) is 4.99 Å². The number of rotatable bonds is 0. The van der Waals surface area contributed by atoms with Crippen LogP contribution in [0.25, 0.3) is 0 Å². The second kappa shape index (κ2) is 2.40. The van der Waals surface area contributed by atoms with Crippen molar-refractivity contribution in [3.8, 4) is 0 Å². The molecule has 0 amide bonds. The number of hydrogen-bond donors (Lipinski definition) is 0. The van der Waals surface area contributed by atoms with Crippen LogP contribution >= 0.6 is 9.21 Å². The molecule has 0 N–H and O–H groups in total. The van der Waals surface area contributed by atoms with Gasteiger partial charge in [-0.25, -0.2) is 0 Å². The van der Waals surface area contributed by atoms with Gasteiger partial charge in [-0.05, 0) is 24.0 Å². The monoisotopic (exact) mass is 141 g/mol. The lowest BCUT2D eigenvalue weighted by Crippen LogP contribution is -1.75. The Labute approximate surface area is 56.6 Å². The molecule has 0 spiro atoms. The van der Waals surface area contributed by atoms with Crippen molar-refractivity contribution in [1.29, 1.82) is 0 Å². The number of hydrogen-bond acceptors (Lipinski definition) is 1. The molecule has 0 saturated heterocycles. The first kappa shape index (κ1) is 6.62. The third-order valence-electron chi connectivity index (χ3n) is 1.05. The van der Waals surface area contributed by atoms with Gasteiger partial charge in [-0.15, -0.1) is 0 Å². The van der Waals surface area contributed by atoms with Crippen LogP contribution in [0.5, 0.6) is 0 Å². The van der Waals surface area contributed by atoms with Crippen molar-refractivity contribution in [2.75, 3.05) is 12.5 Å². The van der Waals surface area contributed by atoms with Gasteiger partial charge in [0.25, 0.3) is 0 Å². The van der Waals surface area contributed by atoms with Crippen LogP contribution in [0, 0.1) is 0 Å². The van der Waals surface area contributed by atoms with Gasteiger partial charge in [-0.2, -0.15) is 9.21 Å². The van der Waals surface area contributed by atoms with Crippen LogP contribution in [0.2, 0.25) is 0 Å². The Balaban J connectivity index is 3.18. The van der Waals surface area contributed by atoms with E-state index in [1.807, 2.05) is 17.8 Å². The molecule has 0 aromatic heterocycles. The third kappa shape index (κ3) is 2.06. The lowest BCUT2D eigenvalue weighted by atomic mass is 10.6. The molecule has 1 aliphatic rings. The summed E-state index contributed by atoms with van der Waals surface area (Å²) in [6, 6.07) is 0. The van der Waals surface area contributed by atoms with Crippen molar-refractivity contribution in [3.05, 3.63) is 12.2 Å². The fourth-order valence-electron chi connectivity index (χ4n) is 0.574. The van der Waals surface area contributed by atoms with E-state index in [-0.39, 0.29) is 0 Å². The summed E-state index contributed by atoms with van der Waals surface area (Å²) in [6.07, 6.45) is 10.2. The van der Waals surface area contributed by atoms with E-state index in [2.05, 4.69) is 28.9 Å². The summed E-state index contributed by atoms with van der Waals surface area (Å²) in [5.74, 6) is 0. The Kier molecular flexibility index (Phi) is 1.76. The average molecular weight is 141 g/mol. The fourth-order valence-corrected chi connectivity index (χ4v) is 1.52. The maximum absolute atomic E-state index is 4.09. The number of allylic oxidation sites excluding steroid dienone is 2. The van der Waals surface area contributed by atoms with Gasteiger partial charge in [-0.1, -0.05) is 6.08 Å². The van der Waals surface area contributed by atoms with Gasteiger partial charge in [-0.3, -0.25) is 4.99 Å². The Hall–Kier alpha value is -0.500. The van der Waals surface area contributed by atoms with Crippen LogP contribution in [-0.2, 0) is 0 Å². The summed E-state index contributed by atoms with van der Waals surface area (Å²) in [4.78, 5) is 4.09. The van der Waals surface area contributed by atoms with E-state index in [4.69, 9.17) is 0 Å². The first-order valence-electron chi connectivity index (χ1n) is 2.80. The van der Waals surface area contributed by atoms with E-state index in [9.17, 15) is 0 Å². The molecule has 0 aromatic carbocycles. The number of aliphatic imine (C=N–C) groups is 1. The summed E-state index contributed by atoms with van der Waals surface area (Å²) >= 11 is 0. The molecule has 1 aliphatic heterocycles. The molecule has 1 rings (SSSR count). The Morgan fingerprint density at radius 1 is 1.22 bits per heavy atom. The zero-order valence-corrected chi connectivity index (χ0v) is 6.56. The summed E-state index contributed by atoms with van der Waals surface area (Å²) in [5, 5.41) is 2.21.